The van der Waals surface area contributed by atoms with Crippen LogP contribution in [0.5, 0.6) is 0 Å². The van der Waals surface area contributed by atoms with E-state index in [0.29, 0.717) is 11.8 Å². The zero-order valence-electron chi connectivity index (χ0n) is 13.6. The van der Waals surface area contributed by atoms with Crippen molar-refractivity contribution in [1.29, 1.82) is 0 Å². The van der Waals surface area contributed by atoms with Crippen LogP contribution in [0.15, 0.2) is 6.20 Å². The highest BCUT2D eigenvalue weighted by molar-refractivity contribution is 6.62. The molecule has 21 heavy (non-hydrogen) atoms. The van der Waals surface area contributed by atoms with Crippen LogP contribution in [0.25, 0.3) is 0 Å². The van der Waals surface area contributed by atoms with Gasteiger partial charge in [-0.3, -0.25) is 5.10 Å². The van der Waals surface area contributed by atoms with Gasteiger partial charge in [-0.2, -0.15) is 5.10 Å². The van der Waals surface area contributed by atoms with Gasteiger partial charge < -0.3 is 14.0 Å². The molecule has 3 rings (SSSR count). The molecule has 0 saturated carbocycles. The first kappa shape index (κ1) is 15.1. The van der Waals surface area contributed by atoms with Crippen molar-refractivity contribution in [2.75, 3.05) is 13.2 Å². The molecular formula is C15H25BN2O3. The molecule has 0 spiro atoms. The van der Waals surface area contributed by atoms with Gasteiger partial charge in [0.25, 0.3) is 0 Å². The highest BCUT2D eigenvalue weighted by atomic mass is 16.7. The summed E-state index contributed by atoms with van der Waals surface area (Å²) >= 11 is 0. The van der Waals surface area contributed by atoms with Gasteiger partial charge in [-0.15, -0.1) is 0 Å². The van der Waals surface area contributed by atoms with Crippen LogP contribution in [0, 0.1) is 5.92 Å². The topological polar surface area (TPSA) is 56.4 Å². The van der Waals surface area contributed by atoms with Crippen molar-refractivity contribution in [3.05, 3.63) is 11.9 Å². The lowest BCUT2D eigenvalue weighted by molar-refractivity contribution is 0.00578. The van der Waals surface area contributed by atoms with E-state index in [1.54, 1.807) is 0 Å². The molecule has 0 aliphatic carbocycles. The minimum Gasteiger partial charge on any atom is -0.399 e. The Balaban J connectivity index is 1.87. The molecule has 2 saturated heterocycles. The Hall–Kier alpha value is -0.845. The molecule has 0 aromatic carbocycles. The smallest absolute Gasteiger partial charge is 0.399 e. The highest BCUT2D eigenvalue weighted by Gasteiger charge is 2.53. The largest absolute Gasteiger partial charge is 0.498 e. The third-order valence-electron chi connectivity index (χ3n) is 5.22. The number of nitrogens with zero attached hydrogens (tertiary/aromatic N) is 1. The normalized spacial score (nSPS) is 31.6. The molecule has 0 amide bonds. The predicted octanol–water partition coefficient (Wildman–Crippen LogP) is 1.85. The number of aromatic amines is 1. The minimum absolute atomic E-state index is 0.326. The van der Waals surface area contributed by atoms with E-state index in [1.807, 2.05) is 6.20 Å². The van der Waals surface area contributed by atoms with Gasteiger partial charge in [-0.25, -0.2) is 0 Å². The monoisotopic (exact) mass is 292 g/mol. The summed E-state index contributed by atoms with van der Waals surface area (Å²) in [5.41, 5.74) is 1.53. The van der Waals surface area contributed by atoms with E-state index in [1.165, 1.54) is 0 Å². The lowest BCUT2D eigenvalue weighted by atomic mass is 9.73. The Bertz CT molecular complexity index is 499. The molecule has 116 valence electrons. The van der Waals surface area contributed by atoms with Gasteiger partial charge in [0.2, 0.25) is 0 Å². The molecule has 2 unspecified atom stereocenters. The highest BCUT2D eigenvalue weighted by Crippen LogP contribution is 2.37. The van der Waals surface area contributed by atoms with Crippen LogP contribution in [0.1, 0.15) is 52.7 Å². The molecule has 5 nitrogen and oxygen atoms in total. The van der Waals surface area contributed by atoms with Gasteiger partial charge in [0.15, 0.2) is 0 Å². The second kappa shape index (κ2) is 5.11. The average molecular weight is 292 g/mol. The Morgan fingerprint density at radius 2 is 1.90 bits per heavy atom. The summed E-state index contributed by atoms with van der Waals surface area (Å²) in [6.07, 6.45) is 2.86. The quantitative estimate of drug-likeness (QED) is 0.845. The Morgan fingerprint density at radius 1 is 1.24 bits per heavy atom. The number of hydrogen-bond acceptors (Lipinski definition) is 4. The molecule has 6 heteroatoms. The number of aromatic nitrogens is 2. The summed E-state index contributed by atoms with van der Waals surface area (Å²) in [5.74, 6) is 0.899. The Labute approximate surface area is 126 Å². The second-order valence-electron chi connectivity index (χ2n) is 7.27. The van der Waals surface area contributed by atoms with Gasteiger partial charge in [-0.1, -0.05) is 6.92 Å². The Morgan fingerprint density at radius 3 is 2.52 bits per heavy atom. The first-order valence-corrected chi connectivity index (χ1v) is 7.78. The second-order valence-corrected chi connectivity index (χ2v) is 7.27. The molecule has 3 heterocycles. The summed E-state index contributed by atoms with van der Waals surface area (Å²) in [7, 11) is -0.348. The standard InChI is InChI=1S/C15H25BN2O3/c1-10-9-19-7-6-11(10)13-12(8-17-18-13)16-20-14(2,3)15(4,5)21-16/h8,10-11H,6-7,9H2,1-5H3,(H,17,18). The molecule has 1 aromatic heterocycles. The molecule has 2 aliphatic rings. The first-order valence-electron chi connectivity index (χ1n) is 7.78. The van der Waals surface area contributed by atoms with Crippen molar-refractivity contribution in [2.45, 2.75) is 58.2 Å². The third-order valence-corrected chi connectivity index (χ3v) is 5.22. The molecule has 0 radical (unpaired) electrons. The maximum atomic E-state index is 6.16. The molecule has 2 atom stereocenters. The van der Waals surface area contributed by atoms with Crippen molar-refractivity contribution >= 4 is 12.6 Å². The van der Waals surface area contributed by atoms with Gasteiger partial charge in [0, 0.05) is 36.5 Å². The SMILES string of the molecule is CC1COCCC1c1[nH]ncc1B1OC(C)(C)C(C)(C)O1. The summed E-state index contributed by atoms with van der Waals surface area (Å²) < 4.78 is 17.9. The van der Waals surface area contributed by atoms with Crippen LogP contribution in [-0.4, -0.2) is 41.7 Å². The number of ether oxygens (including phenoxy) is 1. The van der Waals surface area contributed by atoms with Crippen molar-refractivity contribution in [1.82, 2.24) is 10.2 Å². The van der Waals surface area contributed by atoms with Crippen molar-refractivity contribution < 1.29 is 14.0 Å². The van der Waals surface area contributed by atoms with Crippen LogP contribution in [0.2, 0.25) is 0 Å². The number of rotatable bonds is 2. The fourth-order valence-corrected chi connectivity index (χ4v) is 3.07. The van der Waals surface area contributed by atoms with Crippen LogP contribution in [0.3, 0.4) is 0 Å². The van der Waals surface area contributed by atoms with Gasteiger partial charge in [0.1, 0.15) is 0 Å². The number of hydrogen-bond donors (Lipinski definition) is 1. The number of H-pyrrole nitrogens is 1. The molecular weight excluding hydrogens is 267 g/mol. The van der Waals surface area contributed by atoms with E-state index in [2.05, 4.69) is 44.8 Å². The summed E-state index contributed by atoms with van der Waals surface area (Å²) in [6.45, 7) is 12.1. The first-order chi connectivity index (χ1) is 9.82. The number of nitrogens with one attached hydrogen (secondary N) is 1. The zero-order valence-corrected chi connectivity index (χ0v) is 13.6. The third kappa shape index (κ3) is 2.54. The minimum atomic E-state index is -0.348. The molecule has 2 fully saturated rings. The maximum absolute atomic E-state index is 6.16. The van der Waals surface area contributed by atoms with E-state index >= 15 is 0 Å². The van der Waals surface area contributed by atoms with Gasteiger partial charge in [0.05, 0.1) is 11.2 Å². The van der Waals surface area contributed by atoms with Crippen molar-refractivity contribution in [3.8, 4) is 0 Å². The summed E-state index contributed by atoms with van der Waals surface area (Å²) in [5, 5.41) is 7.42. The van der Waals surface area contributed by atoms with Crippen LogP contribution < -0.4 is 5.46 Å². The summed E-state index contributed by atoms with van der Waals surface area (Å²) in [4.78, 5) is 0. The molecule has 2 aliphatic heterocycles. The van der Waals surface area contributed by atoms with Crippen molar-refractivity contribution in [3.63, 3.8) is 0 Å². The van der Waals surface area contributed by atoms with Crippen LogP contribution in [0.4, 0.5) is 0 Å². The fraction of sp³-hybridized carbons (Fsp3) is 0.800. The van der Waals surface area contributed by atoms with E-state index in [9.17, 15) is 0 Å². The maximum Gasteiger partial charge on any atom is 0.498 e. The van der Waals surface area contributed by atoms with E-state index in [0.717, 1.165) is 30.8 Å². The van der Waals surface area contributed by atoms with Gasteiger partial charge >= 0.3 is 7.12 Å². The van der Waals surface area contributed by atoms with Crippen molar-refractivity contribution in [2.24, 2.45) is 5.92 Å². The Kier molecular flexibility index (Phi) is 3.67. The van der Waals surface area contributed by atoms with E-state index in [4.69, 9.17) is 14.0 Å². The lowest BCUT2D eigenvalue weighted by Crippen LogP contribution is -2.41. The fourth-order valence-electron chi connectivity index (χ4n) is 3.07. The molecule has 1 aromatic rings. The average Bonchev–Trinajstić information content (AvgIpc) is 2.93. The van der Waals surface area contributed by atoms with Gasteiger partial charge in [-0.05, 0) is 40.0 Å². The van der Waals surface area contributed by atoms with E-state index in [-0.39, 0.29) is 18.3 Å². The van der Waals surface area contributed by atoms with E-state index < -0.39 is 0 Å². The molecule has 1 N–H and O–H groups in total. The zero-order chi connectivity index (χ0) is 15.3. The lowest BCUT2D eigenvalue weighted by Gasteiger charge is -2.32. The summed E-state index contributed by atoms with van der Waals surface area (Å²) in [6, 6.07) is 0. The van der Waals surface area contributed by atoms with Crippen LogP contribution in [-0.2, 0) is 14.0 Å². The molecule has 0 bridgehead atoms. The predicted molar refractivity (Wildman–Crippen MR) is 81.6 cm³/mol. The van der Waals surface area contributed by atoms with Crippen LogP contribution >= 0.6 is 0 Å².